The van der Waals surface area contributed by atoms with Crippen LogP contribution in [0.5, 0.6) is 0 Å². The van der Waals surface area contributed by atoms with E-state index in [9.17, 15) is 0 Å². The van der Waals surface area contributed by atoms with Gasteiger partial charge in [0, 0.05) is 43.6 Å². The van der Waals surface area contributed by atoms with Crippen molar-refractivity contribution in [3.63, 3.8) is 0 Å². The summed E-state index contributed by atoms with van der Waals surface area (Å²) >= 11 is 0. The van der Waals surface area contributed by atoms with Gasteiger partial charge in [-0.2, -0.15) is 0 Å². The zero-order valence-corrected chi connectivity index (χ0v) is 11.8. The van der Waals surface area contributed by atoms with Crippen molar-refractivity contribution in [2.75, 3.05) is 13.1 Å². The van der Waals surface area contributed by atoms with Crippen LogP contribution in [0.4, 0.5) is 0 Å². The van der Waals surface area contributed by atoms with E-state index in [2.05, 4.69) is 42.0 Å². The molecule has 1 N–H and O–H groups in total. The zero-order valence-electron chi connectivity index (χ0n) is 11.8. The molecule has 0 saturated carbocycles. The largest absolute Gasteiger partial charge is 0.309 e. The van der Waals surface area contributed by atoms with E-state index in [-0.39, 0.29) is 5.54 Å². The highest BCUT2D eigenvalue weighted by Gasteiger charge is 2.33. The monoisotopic (exact) mass is 247 g/mol. The molecule has 2 unspecified atom stereocenters. The molecule has 2 atom stereocenters. The third-order valence-electron chi connectivity index (χ3n) is 4.19. The van der Waals surface area contributed by atoms with Crippen LogP contribution in [0.25, 0.3) is 0 Å². The van der Waals surface area contributed by atoms with Crippen LogP contribution in [0.15, 0.2) is 24.5 Å². The number of piperazine rings is 1. The first-order chi connectivity index (χ1) is 8.67. The van der Waals surface area contributed by atoms with E-state index >= 15 is 0 Å². The van der Waals surface area contributed by atoms with Crippen molar-refractivity contribution < 1.29 is 0 Å². The molecule has 1 aromatic heterocycles. The van der Waals surface area contributed by atoms with E-state index in [4.69, 9.17) is 0 Å². The molecule has 1 saturated heterocycles. The standard InChI is InChI=1S/C15H25N3/c1-4-14-10-17-15(3,5-2)12-18(14)11-13-7-6-8-16-9-13/h6-9,14,17H,4-5,10-12H2,1-3H3. The maximum absolute atomic E-state index is 4.22. The molecule has 1 aromatic rings. The minimum absolute atomic E-state index is 0.258. The molecule has 3 heteroatoms. The predicted molar refractivity (Wildman–Crippen MR) is 75.4 cm³/mol. The first-order valence-electron chi connectivity index (χ1n) is 7.05. The lowest BCUT2D eigenvalue weighted by Crippen LogP contribution is -2.62. The lowest BCUT2D eigenvalue weighted by atomic mass is 9.92. The van der Waals surface area contributed by atoms with Crippen LogP contribution in [0.1, 0.15) is 39.2 Å². The van der Waals surface area contributed by atoms with Gasteiger partial charge >= 0.3 is 0 Å². The van der Waals surface area contributed by atoms with Gasteiger partial charge < -0.3 is 5.32 Å². The maximum atomic E-state index is 4.22. The Morgan fingerprint density at radius 3 is 2.94 bits per heavy atom. The van der Waals surface area contributed by atoms with Crippen molar-refractivity contribution >= 4 is 0 Å². The van der Waals surface area contributed by atoms with Gasteiger partial charge in [0.05, 0.1) is 0 Å². The van der Waals surface area contributed by atoms with Crippen LogP contribution in [0.2, 0.25) is 0 Å². The fourth-order valence-electron chi connectivity index (χ4n) is 2.68. The molecule has 1 aliphatic heterocycles. The summed E-state index contributed by atoms with van der Waals surface area (Å²) in [6, 6.07) is 4.84. The lowest BCUT2D eigenvalue weighted by molar-refractivity contribution is 0.0754. The SMILES string of the molecule is CCC1CNC(C)(CC)CN1Cc1cccnc1. The van der Waals surface area contributed by atoms with Crippen molar-refractivity contribution in [1.29, 1.82) is 0 Å². The molecule has 1 aliphatic rings. The second-order valence-corrected chi connectivity index (χ2v) is 5.62. The fraction of sp³-hybridized carbons (Fsp3) is 0.667. The van der Waals surface area contributed by atoms with Crippen molar-refractivity contribution in [3.05, 3.63) is 30.1 Å². The average molecular weight is 247 g/mol. The average Bonchev–Trinajstić information content (AvgIpc) is 2.40. The van der Waals surface area contributed by atoms with Gasteiger partial charge in [-0.3, -0.25) is 9.88 Å². The first kappa shape index (κ1) is 13.5. The summed E-state index contributed by atoms with van der Waals surface area (Å²) in [4.78, 5) is 6.82. The van der Waals surface area contributed by atoms with Crippen molar-refractivity contribution in [1.82, 2.24) is 15.2 Å². The minimum Gasteiger partial charge on any atom is -0.309 e. The molecule has 0 radical (unpaired) electrons. The fourth-order valence-corrected chi connectivity index (χ4v) is 2.68. The van der Waals surface area contributed by atoms with Crippen molar-refractivity contribution in [2.24, 2.45) is 0 Å². The maximum Gasteiger partial charge on any atom is 0.0312 e. The van der Waals surface area contributed by atoms with Crippen LogP contribution in [0.3, 0.4) is 0 Å². The van der Waals surface area contributed by atoms with E-state index in [0.717, 1.165) is 19.6 Å². The minimum atomic E-state index is 0.258. The Morgan fingerprint density at radius 1 is 1.50 bits per heavy atom. The highest BCUT2D eigenvalue weighted by Crippen LogP contribution is 2.22. The second kappa shape index (κ2) is 5.81. The molecule has 0 spiro atoms. The summed E-state index contributed by atoms with van der Waals surface area (Å²) in [5.41, 5.74) is 1.57. The highest BCUT2D eigenvalue weighted by molar-refractivity contribution is 5.09. The van der Waals surface area contributed by atoms with Gasteiger partial charge in [0.25, 0.3) is 0 Å². The molecule has 0 aromatic carbocycles. The molecule has 0 amide bonds. The quantitative estimate of drug-likeness (QED) is 0.885. The highest BCUT2D eigenvalue weighted by atomic mass is 15.2. The molecule has 3 nitrogen and oxygen atoms in total. The number of nitrogens with one attached hydrogen (secondary N) is 1. The van der Waals surface area contributed by atoms with Gasteiger partial charge in [-0.25, -0.2) is 0 Å². The van der Waals surface area contributed by atoms with E-state index < -0.39 is 0 Å². The Hall–Kier alpha value is -0.930. The summed E-state index contributed by atoms with van der Waals surface area (Å²) < 4.78 is 0. The van der Waals surface area contributed by atoms with Crippen LogP contribution in [-0.4, -0.2) is 34.6 Å². The summed E-state index contributed by atoms with van der Waals surface area (Å²) in [6.45, 7) is 10.1. The lowest BCUT2D eigenvalue weighted by Gasteiger charge is -2.46. The molecule has 0 bridgehead atoms. The van der Waals surface area contributed by atoms with E-state index in [1.807, 2.05) is 18.5 Å². The Kier molecular flexibility index (Phi) is 4.36. The zero-order chi connectivity index (χ0) is 13.0. The van der Waals surface area contributed by atoms with Crippen molar-refractivity contribution in [2.45, 2.75) is 51.7 Å². The third kappa shape index (κ3) is 3.09. The third-order valence-corrected chi connectivity index (χ3v) is 4.19. The van der Waals surface area contributed by atoms with Gasteiger partial charge in [-0.1, -0.05) is 19.9 Å². The normalized spacial score (nSPS) is 29.4. The van der Waals surface area contributed by atoms with Gasteiger partial charge in [0.15, 0.2) is 0 Å². The van der Waals surface area contributed by atoms with Crippen molar-refractivity contribution in [3.8, 4) is 0 Å². The van der Waals surface area contributed by atoms with E-state index in [1.54, 1.807) is 0 Å². The molecule has 2 heterocycles. The molecule has 2 rings (SSSR count). The topological polar surface area (TPSA) is 28.2 Å². The van der Waals surface area contributed by atoms with Crippen LogP contribution < -0.4 is 5.32 Å². The second-order valence-electron chi connectivity index (χ2n) is 5.62. The molecule has 18 heavy (non-hydrogen) atoms. The van der Waals surface area contributed by atoms with Gasteiger partial charge in [-0.05, 0) is 31.4 Å². The Balaban J connectivity index is 2.07. The van der Waals surface area contributed by atoms with Gasteiger partial charge in [-0.15, -0.1) is 0 Å². The molecule has 100 valence electrons. The molecular weight excluding hydrogens is 222 g/mol. The number of hydrogen-bond donors (Lipinski definition) is 1. The smallest absolute Gasteiger partial charge is 0.0312 e. The summed E-state index contributed by atoms with van der Waals surface area (Å²) in [7, 11) is 0. The van der Waals surface area contributed by atoms with Crippen LogP contribution >= 0.6 is 0 Å². The number of hydrogen-bond acceptors (Lipinski definition) is 3. The first-order valence-corrected chi connectivity index (χ1v) is 7.05. The summed E-state index contributed by atoms with van der Waals surface area (Å²) in [5, 5.41) is 3.70. The van der Waals surface area contributed by atoms with E-state index in [0.29, 0.717) is 6.04 Å². The predicted octanol–water partition coefficient (Wildman–Crippen LogP) is 2.43. The number of nitrogens with zero attached hydrogens (tertiary/aromatic N) is 2. The van der Waals surface area contributed by atoms with Gasteiger partial charge in [0.1, 0.15) is 0 Å². The van der Waals surface area contributed by atoms with Gasteiger partial charge in [0.2, 0.25) is 0 Å². The molecule has 0 aliphatic carbocycles. The number of aromatic nitrogens is 1. The molecular formula is C15H25N3. The number of rotatable bonds is 4. The Bertz CT molecular complexity index is 365. The summed E-state index contributed by atoms with van der Waals surface area (Å²) in [5.74, 6) is 0. The van der Waals surface area contributed by atoms with Crippen LogP contribution in [0, 0.1) is 0 Å². The summed E-state index contributed by atoms with van der Waals surface area (Å²) in [6.07, 6.45) is 6.20. The van der Waals surface area contributed by atoms with E-state index in [1.165, 1.54) is 18.4 Å². The molecule has 1 fully saturated rings. The van der Waals surface area contributed by atoms with Crippen LogP contribution in [-0.2, 0) is 6.54 Å². The Labute approximate surface area is 111 Å². The number of pyridine rings is 1. The Morgan fingerprint density at radius 2 is 2.33 bits per heavy atom.